The van der Waals surface area contributed by atoms with Crippen molar-refractivity contribution >= 4 is 29.5 Å². The number of carbonyl (C=O) groups excluding carboxylic acids is 3. The molecule has 0 bridgehead atoms. The lowest BCUT2D eigenvalue weighted by Gasteiger charge is -2.35. The second-order valence-corrected chi connectivity index (χ2v) is 10.7. The van der Waals surface area contributed by atoms with Crippen LogP contribution in [0.2, 0.25) is 0 Å². The van der Waals surface area contributed by atoms with E-state index in [1.165, 1.54) is 0 Å². The Morgan fingerprint density at radius 3 is 2.44 bits per heavy atom. The van der Waals surface area contributed by atoms with E-state index < -0.39 is 22.6 Å². The molecule has 5 atom stereocenters. The number of likely N-dealkylation sites (tertiary alicyclic amines) is 1. The van der Waals surface area contributed by atoms with Gasteiger partial charge < -0.3 is 19.8 Å². The number of fused-ring (bicyclic) bond motifs is 2. The molecule has 8 heteroatoms. The van der Waals surface area contributed by atoms with Crippen LogP contribution in [0.1, 0.15) is 39.5 Å². The fourth-order valence-corrected chi connectivity index (χ4v) is 7.74. The summed E-state index contributed by atoms with van der Waals surface area (Å²) in [5.41, 5.74) is 0. The molecule has 3 amide bonds. The first-order valence-electron chi connectivity index (χ1n) is 12.0. The molecule has 1 unspecified atom stereocenters. The van der Waals surface area contributed by atoms with Crippen molar-refractivity contribution in [3.05, 3.63) is 24.3 Å². The van der Waals surface area contributed by atoms with Crippen LogP contribution in [0.3, 0.4) is 0 Å². The topological polar surface area (TPSA) is 81.2 Å². The maximum atomic E-state index is 13.8. The van der Waals surface area contributed by atoms with Crippen molar-refractivity contribution in [1.82, 2.24) is 14.7 Å². The Morgan fingerprint density at radius 2 is 1.72 bits per heavy atom. The lowest BCUT2D eigenvalue weighted by molar-refractivity contribution is -0.144. The number of thioether (sulfide) groups is 1. The van der Waals surface area contributed by atoms with Gasteiger partial charge in [0, 0.05) is 44.6 Å². The maximum absolute atomic E-state index is 13.8. The van der Waals surface area contributed by atoms with Gasteiger partial charge in [-0.1, -0.05) is 44.6 Å². The highest BCUT2D eigenvalue weighted by molar-refractivity contribution is 8.02. The van der Waals surface area contributed by atoms with Crippen molar-refractivity contribution < 1.29 is 19.5 Å². The molecule has 2 saturated heterocycles. The second-order valence-electron chi connectivity index (χ2n) is 9.20. The van der Waals surface area contributed by atoms with E-state index in [2.05, 4.69) is 26.0 Å². The molecule has 2 fully saturated rings. The Bertz CT molecular complexity index is 815. The molecule has 4 aliphatic heterocycles. The number of unbranched alkanes of at least 4 members (excludes halogenated alkanes) is 1. The molecule has 0 aliphatic carbocycles. The van der Waals surface area contributed by atoms with Crippen LogP contribution >= 0.6 is 11.8 Å². The van der Waals surface area contributed by atoms with Gasteiger partial charge in [0.1, 0.15) is 6.04 Å². The zero-order valence-corrected chi connectivity index (χ0v) is 19.9. The highest BCUT2D eigenvalue weighted by Crippen LogP contribution is 2.61. The molecular formula is C24H35N3O4S. The summed E-state index contributed by atoms with van der Waals surface area (Å²) in [5.74, 6) is -1.12. The van der Waals surface area contributed by atoms with Gasteiger partial charge in [0.15, 0.2) is 0 Å². The third kappa shape index (κ3) is 3.69. The highest BCUT2D eigenvalue weighted by atomic mass is 32.2. The highest BCUT2D eigenvalue weighted by Gasteiger charge is 2.70. The first-order chi connectivity index (χ1) is 15.5. The number of aliphatic hydroxyl groups is 1. The summed E-state index contributed by atoms with van der Waals surface area (Å²) in [6.07, 6.45) is 11.4. The van der Waals surface area contributed by atoms with Crippen molar-refractivity contribution in [2.24, 2.45) is 11.8 Å². The van der Waals surface area contributed by atoms with E-state index in [0.29, 0.717) is 39.1 Å². The zero-order valence-electron chi connectivity index (χ0n) is 19.1. The number of carbonyl (C=O) groups is 3. The molecule has 7 nitrogen and oxygen atoms in total. The Hall–Kier alpha value is -1.80. The van der Waals surface area contributed by atoms with E-state index in [-0.39, 0.29) is 29.6 Å². The summed E-state index contributed by atoms with van der Waals surface area (Å²) >= 11 is 1.62. The second kappa shape index (κ2) is 9.59. The molecular weight excluding hydrogens is 426 g/mol. The van der Waals surface area contributed by atoms with Crippen LogP contribution in [0.25, 0.3) is 0 Å². The van der Waals surface area contributed by atoms with Crippen LogP contribution in [0.5, 0.6) is 0 Å². The molecule has 32 heavy (non-hydrogen) atoms. The molecule has 0 saturated carbocycles. The van der Waals surface area contributed by atoms with Gasteiger partial charge >= 0.3 is 0 Å². The van der Waals surface area contributed by atoms with Gasteiger partial charge in [0.2, 0.25) is 17.7 Å². The molecule has 0 radical (unpaired) electrons. The average molecular weight is 462 g/mol. The normalized spacial score (nSPS) is 34.0. The molecule has 176 valence electrons. The minimum absolute atomic E-state index is 0.0250. The third-order valence-corrected chi connectivity index (χ3v) is 8.90. The summed E-state index contributed by atoms with van der Waals surface area (Å²) < 4.78 is -0.741. The Kier molecular flexibility index (Phi) is 7.00. The summed E-state index contributed by atoms with van der Waals surface area (Å²) in [6.45, 7) is 6.89. The first kappa shape index (κ1) is 23.4. The van der Waals surface area contributed by atoms with Crippen molar-refractivity contribution in [3.8, 4) is 0 Å². The summed E-state index contributed by atoms with van der Waals surface area (Å²) in [7, 11) is 0. The van der Waals surface area contributed by atoms with Gasteiger partial charge in [-0.05, 0) is 19.3 Å². The number of aliphatic hydroxyl groups excluding tert-OH is 1. The van der Waals surface area contributed by atoms with Gasteiger partial charge in [0.25, 0.3) is 0 Å². The standard InChI is InChI=1S/C24H35N3O4S/c1-3-5-12-26-14-7-10-24-19(22(30)27(15-8-16-28)20(24)23(26)31)18-17(32-24)9-6-13-25(11-4-2)21(18)29/h6-7,9-10,17-20,28H,3-5,8,11-16H2,1-2H3/t17-,18+,19+,20?,24+/m1/s1. The summed E-state index contributed by atoms with van der Waals surface area (Å²) in [4.78, 5) is 46.7. The maximum Gasteiger partial charge on any atom is 0.247 e. The number of hydrogen-bond acceptors (Lipinski definition) is 5. The number of hydrogen-bond donors (Lipinski definition) is 1. The van der Waals surface area contributed by atoms with Crippen molar-refractivity contribution in [1.29, 1.82) is 0 Å². The van der Waals surface area contributed by atoms with Crippen LogP contribution in [-0.4, -0.2) is 92.9 Å². The largest absolute Gasteiger partial charge is 0.396 e. The van der Waals surface area contributed by atoms with E-state index in [4.69, 9.17) is 0 Å². The fraction of sp³-hybridized carbons (Fsp3) is 0.708. The Labute approximate surface area is 194 Å². The van der Waals surface area contributed by atoms with Crippen LogP contribution in [0.4, 0.5) is 0 Å². The fourth-order valence-electron chi connectivity index (χ4n) is 5.74. The van der Waals surface area contributed by atoms with Crippen molar-refractivity contribution in [2.75, 3.05) is 39.3 Å². The summed E-state index contributed by atoms with van der Waals surface area (Å²) in [5, 5.41) is 9.33. The lowest BCUT2D eigenvalue weighted by Crippen LogP contribution is -2.53. The van der Waals surface area contributed by atoms with Gasteiger partial charge in [-0.3, -0.25) is 14.4 Å². The molecule has 1 spiro atoms. The predicted molar refractivity (Wildman–Crippen MR) is 125 cm³/mol. The molecule has 1 N–H and O–H groups in total. The molecule has 4 rings (SSSR count). The van der Waals surface area contributed by atoms with Crippen LogP contribution in [0, 0.1) is 11.8 Å². The summed E-state index contributed by atoms with van der Waals surface area (Å²) in [6, 6.07) is -0.625. The Morgan fingerprint density at radius 1 is 0.969 bits per heavy atom. The SMILES string of the molecule is CCCCN1CC=C[C@]23S[C@@H]4C=CCN(CCC)C(=O)[C@@H]4[C@H]2C(=O)N(CCCO)C3C1=O. The average Bonchev–Trinajstić information content (AvgIpc) is 3.10. The Balaban J connectivity index is 1.76. The smallest absolute Gasteiger partial charge is 0.247 e. The van der Waals surface area contributed by atoms with Crippen molar-refractivity contribution in [2.45, 2.75) is 55.6 Å². The quantitative estimate of drug-likeness (QED) is 0.556. The number of rotatable bonds is 8. The molecule has 4 aliphatic rings. The monoisotopic (exact) mass is 461 g/mol. The van der Waals surface area contributed by atoms with Crippen LogP contribution in [-0.2, 0) is 14.4 Å². The lowest BCUT2D eigenvalue weighted by atomic mass is 9.78. The van der Waals surface area contributed by atoms with Gasteiger partial charge in [-0.2, -0.15) is 0 Å². The molecule has 0 aromatic rings. The van der Waals surface area contributed by atoms with Crippen LogP contribution < -0.4 is 0 Å². The zero-order chi connectivity index (χ0) is 22.9. The van der Waals surface area contributed by atoms with Gasteiger partial charge in [-0.15, -0.1) is 11.8 Å². The number of nitrogens with zero attached hydrogens (tertiary/aromatic N) is 3. The minimum atomic E-state index is -0.741. The first-order valence-corrected chi connectivity index (χ1v) is 12.9. The minimum Gasteiger partial charge on any atom is -0.396 e. The van der Waals surface area contributed by atoms with E-state index in [0.717, 1.165) is 19.3 Å². The van der Waals surface area contributed by atoms with Crippen LogP contribution in [0.15, 0.2) is 24.3 Å². The van der Waals surface area contributed by atoms with E-state index in [9.17, 15) is 19.5 Å². The number of amides is 3. The molecule has 0 aromatic heterocycles. The van der Waals surface area contributed by atoms with Crippen molar-refractivity contribution in [3.63, 3.8) is 0 Å². The predicted octanol–water partition coefficient (Wildman–Crippen LogP) is 1.67. The van der Waals surface area contributed by atoms with E-state index >= 15 is 0 Å². The van der Waals surface area contributed by atoms with E-state index in [1.54, 1.807) is 16.7 Å². The van der Waals surface area contributed by atoms with E-state index in [1.807, 2.05) is 22.0 Å². The van der Waals surface area contributed by atoms with Gasteiger partial charge in [0.05, 0.1) is 16.6 Å². The molecule has 4 heterocycles. The third-order valence-electron chi connectivity index (χ3n) is 7.16. The van der Waals surface area contributed by atoms with Gasteiger partial charge in [-0.25, -0.2) is 0 Å². The molecule has 0 aromatic carbocycles.